The minimum Gasteiger partial charge on any atom is -0.472 e. The van der Waals surface area contributed by atoms with E-state index >= 15 is 0 Å². The zero-order valence-corrected chi connectivity index (χ0v) is 14.7. The number of furan rings is 1. The highest BCUT2D eigenvalue weighted by atomic mass is 16.3. The van der Waals surface area contributed by atoms with Crippen LogP contribution in [0.15, 0.2) is 34.7 Å². The minimum absolute atomic E-state index is 0.000185. The van der Waals surface area contributed by atoms with E-state index in [0.29, 0.717) is 5.92 Å². The largest absolute Gasteiger partial charge is 0.472 e. The molecule has 1 heterocycles. The van der Waals surface area contributed by atoms with Gasteiger partial charge in [-0.05, 0) is 61.5 Å². The van der Waals surface area contributed by atoms with E-state index in [2.05, 4.69) is 33.8 Å². The Kier molecular flexibility index (Phi) is 4.22. The SMILES string of the molecule is CC1=CCCC2C(C)(CCc3ccoc3)C(C)C(O)C(O)C12C. The summed E-state index contributed by atoms with van der Waals surface area (Å²) in [6.07, 6.45) is 8.55. The average molecular weight is 318 g/mol. The lowest BCUT2D eigenvalue weighted by Gasteiger charge is -2.61. The van der Waals surface area contributed by atoms with Crippen molar-refractivity contribution in [2.75, 3.05) is 0 Å². The molecule has 1 saturated carbocycles. The van der Waals surface area contributed by atoms with Crippen molar-refractivity contribution in [3.8, 4) is 0 Å². The van der Waals surface area contributed by atoms with Gasteiger partial charge in [0, 0.05) is 5.41 Å². The van der Waals surface area contributed by atoms with Crippen LogP contribution in [0.25, 0.3) is 0 Å². The van der Waals surface area contributed by atoms with E-state index in [1.165, 1.54) is 11.1 Å². The Hall–Kier alpha value is -1.06. The number of allylic oxidation sites excluding steroid dienone is 1. The third-order valence-corrected chi connectivity index (χ3v) is 7.30. The number of fused-ring (bicyclic) bond motifs is 1. The second kappa shape index (κ2) is 5.78. The molecule has 3 nitrogen and oxygen atoms in total. The maximum Gasteiger partial charge on any atom is 0.0934 e. The Labute approximate surface area is 139 Å². The Morgan fingerprint density at radius 1 is 1.30 bits per heavy atom. The molecule has 0 bridgehead atoms. The summed E-state index contributed by atoms with van der Waals surface area (Å²) in [5, 5.41) is 21.6. The molecule has 128 valence electrons. The van der Waals surface area contributed by atoms with Crippen LogP contribution >= 0.6 is 0 Å². The Morgan fingerprint density at radius 3 is 2.70 bits per heavy atom. The molecule has 2 N–H and O–H groups in total. The summed E-state index contributed by atoms with van der Waals surface area (Å²) in [4.78, 5) is 0. The quantitative estimate of drug-likeness (QED) is 0.830. The molecule has 0 aliphatic heterocycles. The molecular weight excluding hydrogens is 288 g/mol. The van der Waals surface area contributed by atoms with Crippen LogP contribution in [0.2, 0.25) is 0 Å². The molecule has 2 aliphatic rings. The van der Waals surface area contributed by atoms with Crippen LogP contribution in [0.5, 0.6) is 0 Å². The van der Waals surface area contributed by atoms with Gasteiger partial charge in [-0.25, -0.2) is 0 Å². The van der Waals surface area contributed by atoms with E-state index in [0.717, 1.165) is 25.7 Å². The zero-order valence-electron chi connectivity index (χ0n) is 14.7. The van der Waals surface area contributed by atoms with Gasteiger partial charge in [-0.3, -0.25) is 0 Å². The summed E-state index contributed by atoms with van der Waals surface area (Å²) in [5.41, 5.74) is 2.13. The van der Waals surface area contributed by atoms with Crippen LogP contribution in [0, 0.1) is 22.7 Å². The van der Waals surface area contributed by atoms with Gasteiger partial charge in [-0.1, -0.05) is 32.4 Å². The number of rotatable bonds is 3. The van der Waals surface area contributed by atoms with Gasteiger partial charge in [0.05, 0.1) is 24.7 Å². The van der Waals surface area contributed by atoms with Gasteiger partial charge in [-0.2, -0.15) is 0 Å². The predicted octanol–water partition coefficient (Wildman–Crippen LogP) is 3.95. The molecule has 1 aromatic heterocycles. The first-order valence-corrected chi connectivity index (χ1v) is 8.86. The van der Waals surface area contributed by atoms with Crippen molar-refractivity contribution in [1.29, 1.82) is 0 Å². The Bertz CT molecular complexity index is 576. The number of hydrogen-bond acceptors (Lipinski definition) is 3. The van der Waals surface area contributed by atoms with Crippen molar-refractivity contribution >= 4 is 0 Å². The van der Waals surface area contributed by atoms with Crippen LogP contribution in [0.4, 0.5) is 0 Å². The minimum atomic E-state index is -0.680. The Morgan fingerprint density at radius 2 is 2.04 bits per heavy atom. The van der Waals surface area contributed by atoms with Gasteiger partial charge in [0.2, 0.25) is 0 Å². The molecular formula is C20H30O3. The molecule has 0 amide bonds. The van der Waals surface area contributed by atoms with Gasteiger partial charge < -0.3 is 14.6 Å². The van der Waals surface area contributed by atoms with Gasteiger partial charge in [0.1, 0.15) is 0 Å². The van der Waals surface area contributed by atoms with Crippen molar-refractivity contribution in [3.05, 3.63) is 35.8 Å². The van der Waals surface area contributed by atoms with Crippen molar-refractivity contribution in [2.45, 2.75) is 65.6 Å². The molecule has 0 spiro atoms. The number of aliphatic hydroxyl groups is 2. The summed E-state index contributed by atoms with van der Waals surface area (Å²) >= 11 is 0. The van der Waals surface area contributed by atoms with Gasteiger partial charge >= 0.3 is 0 Å². The molecule has 0 radical (unpaired) electrons. The average Bonchev–Trinajstić information content (AvgIpc) is 3.05. The van der Waals surface area contributed by atoms with E-state index in [9.17, 15) is 10.2 Å². The molecule has 3 heteroatoms. The van der Waals surface area contributed by atoms with Gasteiger partial charge in [-0.15, -0.1) is 0 Å². The zero-order chi connectivity index (χ0) is 16.8. The molecule has 1 aromatic rings. The second-order valence-corrected chi connectivity index (χ2v) is 8.16. The van der Waals surface area contributed by atoms with Crippen molar-refractivity contribution in [2.24, 2.45) is 22.7 Å². The molecule has 0 aromatic carbocycles. The highest BCUT2D eigenvalue weighted by Crippen LogP contribution is 2.61. The summed E-state index contributed by atoms with van der Waals surface area (Å²) < 4.78 is 5.20. The lowest BCUT2D eigenvalue weighted by Crippen LogP contribution is -2.63. The molecule has 2 aliphatic carbocycles. The molecule has 3 rings (SSSR count). The van der Waals surface area contributed by atoms with E-state index in [1.807, 2.05) is 12.3 Å². The summed E-state index contributed by atoms with van der Waals surface area (Å²) in [6.45, 7) is 8.69. The molecule has 23 heavy (non-hydrogen) atoms. The summed E-state index contributed by atoms with van der Waals surface area (Å²) in [7, 11) is 0. The highest BCUT2D eigenvalue weighted by molar-refractivity contribution is 5.25. The van der Waals surface area contributed by atoms with Gasteiger partial charge in [0.25, 0.3) is 0 Å². The molecule has 6 atom stereocenters. The van der Waals surface area contributed by atoms with E-state index < -0.39 is 12.2 Å². The summed E-state index contributed by atoms with van der Waals surface area (Å²) in [5.74, 6) is 0.466. The maximum atomic E-state index is 10.9. The Balaban J connectivity index is 1.95. The van der Waals surface area contributed by atoms with Crippen LogP contribution in [-0.2, 0) is 6.42 Å². The van der Waals surface area contributed by atoms with E-state index in [-0.39, 0.29) is 16.7 Å². The van der Waals surface area contributed by atoms with Crippen molar-refractivity contribution in [3.63, 3.8) is 0 Å². The first-order valence-electron chi connectivity index (χ1n) is 8.86. The first-order chi connectivity index (χ1) is 10.8. The smallest absolute Gasteiger partial charge is 0.0934 e. The van der Waals surface area contributed by atoms with E-state index in [1.54, 1.807) is 6.26 Å². The van der Waals surface area contributed by atoms with Crippen molar-refractivity contribution < 1.29 is 14.6 Å². The fraction of sp³-hybridized carbons (Fsp3) is 0.700. The van der Waals surface area contributed by atoms with Crippen LogP contribution < -0.4 is 0 Å². The highest BCUT2D eigenvalue weighted by Gasteiger charge is 2.60. The molecule has 6 unspecified atom stereocenters. The third kappa shape index (κ3) is 2.40. The lowest BCUT2D eigenvalue weighted by molar-refractivity contribution is -0.190. The topological polar surface area (TPSA) is 53.6 Å². The standard InChI is InChI=1S/C20H30O3/c1-13-6-5-7-16-19(3,10-8-15-9-11-23-12-15)14(2)17(21)18(22)20(13,16)4/h6,9,11-12,14,16-18,21-22H,5,7-8,10H2,1-4H3. The maximum absolute atomic E-state index is 10.9. The number of aliphatic hydroxyl groups excluding tert-OH is 2. The monoisotopic (exact) mass is 318 g/mol. The fourth-order valence-electron chi connectivity index (χ4n) is 5.30. The van der Waals surface area contributed by atoms with Crippen LogP contribution in [-0.4, -0.2) is 22.4 Å². The van der Waals surface area contributed by atoms with E-state index in [4.69, 9.17) is 4.42 Å². The van der Waals surface area contributed by atoms with Crippen LogP contribution in [0.3, 0.4) is 0 Å². The van der Waals surface area contributed by atoms with Crippen LogP contribution in [0.1, 0.15) is 52.5 Å². The normalized spacial score (nSPS) is 43.8. The molecule has 0 saturated heterocycles. The second-order valence-electron chi connectivity index (χ2n) is 8.16. The van der Waals surface area contributed by atoms with Gasteiger partial charge in [0.15, 0.2) is 0 Å². The van der Waals surface area contributed by atoms with Crippen molar-refractivity contribution in [1.82, 2.24) is 0 Å². The predicted molar refractivity (Wildman–Crippen MR) is 90.9 cm³/mol. The first kappa shape index (κ1) is 16.8. The fourth-order valence-corrected chi connectivity index (χ4v) is 5.30. The summed E-state index contributed by atoms with van der Waals surface area (Å²) in [6, 6.07) is 2.02. The lowest BCUT2D eigenvalue weighted by atomic mass is 9.45. The molecule has 1 fully saturated rings. The third-order valence-electron chi connectivity index (χ3n) is 7.30. The number of hydrogen-bond donors (Lipinski definition) is 2. The number of aryl methyl sites for hydroxylation is 1.